The minimum absolute atomic E-state index is 0.361. The van der Waals surface area contributed by atoms with Gasteiger partial charge in [-0.05, 0) is 27.6 Å². The molecule has 0 aromatic carbocycles. The zero-order valence-corrected chi connectivity index (χ0v) is 7.51. The molecule has 1 N–H and O–H groups in total. The van der Waals surface area contributed by atoms with Crippen molar-refractivity contribution < 1.29 is 0 Å². The summed E-state index contributed by atoms with van der Waals surface area (Å²) in [5.74, 6) is 0. The maximum atomic E-state index is 3.40. The zero-order chi connectivity index (χ0) is 7.68. The van der Waals surface area contributed by atoms with Gasteiger partial charge in [-0.3, -0.25) is 0 Å². The molecule has 1 nitrogen and oxygen atoms in total. The van der Waals surface area contributed by atoms with Gasteiger partial charge < -0.3 is 5.32 Å². The van der Waals surface area contributed by atoms with E-state index in [9.17, 15) is 0 Å². The standard InChI is InChI=1S/C9H8BrN/c10-9-6-5-7-3-1-2-4-8(7)11-9/h1-6,8,11H. The lowest BCUT2D eigenvalue weighted by Gasteiger charge is -2.22. The van der Waals surface area contributed by atoms with Crippen molar-refractivity contribution in [2.45, 2.75) is 6.04 Å². The van der Waals surface area contributed by atoms with Crippen molar-refractivity contribution >= 4 is 15.9 Å². The van der Waals surface area contributed by atoms with Crippen LogP contribution in [-0.2, 0) is 0 Å². The van der Waals surface area contributed by atoms with Gasteiger partial charge in [-0.1, -0.05) is 30.4 Å². The summed E-state index contributed by atoms with van der Waals surface area (Å²) in [6.45, 7) is 0. The minimum atomic E-state index is 0.361. The molecule has 0 fully saturated rings. The Kier molecular flexibility index (Phi) is 1.70. The molecule has 0 aromatic heterocycles. The number of rotatable bonds is 0. The first-order valence-electron chi connectivity index (χ1n) is 3.55. The maximum Gasteiger partial charge on any atom is 0.0787 e. The van der Waals surface area contributed by atoms with Gasteiger partial charge in [0.2, 0.25) is 0 Å². The Morgan fingerprint density at radius 1 is 1.27 bits per heavy atom. The quantitative estimate of drug-likeness (QED) is 0.604. The second kappa shape index (κ2) is 2.70. The minimum Gasteiger partial charge on any atom is -0.369 e. The second-order valence-electron chi connectivity index (χ2n) is 2.55. The zero-order valence-electron chi connectivity index (χ0n) is 5.92. The maximum absolute atomic E-state index is 3.40. The molecular weight excluding hydrogens is 202 g/mol. The highest BCUT2D eigenvalue weighted by atomic mass is 79.9. The molecule has 0 saturated carbocycles. The third kappa shape index (κ3) is 1.31. The van der Waals surface area contributed by atoms with Crippen LogP contribution in [0.4, 0.5) is 0 Å². The summed E-state index contributed by atoms with van der Waals surface area (Å²) in [6, 6.07) is 0.361. The summed E-state index contributed by atoms with van der Waals surface area (Å²) in [7, 11) is 0. The number of hydrogen-bond acceptors (Lipinski definition) is 1. The number of hydrogen-bond donors (Lipinski definition) is 1. The van der Waals surface area contributed by atoms with Crippen molar-refractivity contribution in [3.05, 3.63) is 46.6 Å². The Hall–Kier alpha value is -0.760. The van der Waals surface area contributed by atoms with Crippen LogP contribution in [0.5, 0.6) is 0 Å². The van der Waals surface area contributed by atoms with Gasteiger partial charge in [-0.25, -0.2) is 0 Å². The lowest BCUT2D eigenvalue weighted by Crippen LogP contribution is -2.28. The van der Waals surface area contributed by atoms with E-state index < -0.39 is 0 Å². The molecule has 0 amide bonds. The highest BCUT2D eigenvalue weighted by Gasteiger charge is 2.13. The Balaban J connectivity index is 2.33. The van der Waals surface area contributed by atoms with Crippen molar-refractivity contribution in [1.29, 1.82) is 0 Å². The number of fused-ring (bicyclic) bond motifs is 1. The van der Waals surface area contributed by atoms with E-state index in [0.29, 0.717) is 6.04 Å². The first-order chi connectivity index (χ1) is 5.36. The van der Waals surface area contributed by atoms with Crippen LogP contribution in [0.1, 0.15) is 0 Å². The number of nitrogens with one attached hydrogen (secondary N) is 1. The Morgan fingerprint density at radius 2 is 2.18 bits per heavy atom. The van der Waals surface area contributed by atoms with Crippen molar-refractivity contribution in [3.63, 3.8) is 0 Å². The first-order valence-corrected chi connectivity index (χ1v) is 4.34. The average Bonchev–Trinajstić information content (AvgIpc) is 2.04. The van der Waals surface area contributed by atoms with Crippen molar-refractivity contribution in [2.24, 2.45) is 0 Å². The first kappa shape index (κ1) is 6.92. The molecule has 0 aromatic rings. The SMILES string of the molecule is BrC1=CC=C2C=CC=CC2N1. The average molecular weight is 210 g/mol. The monoisotopic (exact) mass is 209 g/mol. The number of allylic oxidation sites excluding steroid dienone is 4. The van der Waals surface area contributed by atoms with E-state index in [1.807, 2.05) is 6.08 Å². The second-order valence-corrected chi connectivity index (χ2v) is 3.40. The third-order valence-corrected chi connectivity index (χ3v) is 2.27. The van der Waals surface area contributed by atoms with E-state index in [1.165, 1.54) is 5.57 Å². The molecule has 1 aliphatic carbocycles. The molecule has 1 unspecified atom stereocenters. The van der Waals surface area contributed by atoms with Crippen LogP contribution >= 0.6 is 15.9 Å². The molecule has 2 heteroatoms. The molecule has 0 bridgehead atoms. The molecule has 56 valence electrons. The predicted molar refractivity (Wildman–Crippen MR) is 50.3 cm³/mol. The Bertz CT molecular complexity index is 284. The van der Waals surface area contributed by atoms with Crippen molar-refractivity contribution in [2.75, 3.05) is 0 Å². The molecule has 1 aliphatic heterocycles. The molecule has 2 rings (SSSR count). The van der Waals surface area contributed by atoms with Gasteiger partial charge in [0.25, 0.3) is 0 Å². The molecule has 1 atom stereocenters. The Labute approximate surface area is 74.3 Å². The normalized spacial score (nSPS) is 26.8. The van der Waals surface area contributed by atoms with Gasteiger partial charge in [0, 0.05) is 0 Å². The fourth-order valence-corrected chi connectivity index (χ4v) is 1.59. The summed E-state index contributed by atoms with van der Waals surface area (Å²) in [6.07, 6.45) is 12.5. The molecule has 0 radical (unpaired) electrons. The van der Waals surface area contributed by atoms with Gasteiger partial charge in [0.05, 0.1) is 10.6 Å². The predicted octanol–water partition coefficient (Wildman–Crippen LogP) is 2.25. The summed E-state index contributed by atoms with van der Waals surface area (Å²) >= 11 is 3.40. The summed E-state index contributed by atoms with van der Waals surface area (Å²) < 4.78 is 1.05. The molecule has 1 heterocycles. The van der Waals surface area contributed by atoms with E-state index in [1.54, 1.807) is 0 Å². The van der Waals surface area contributed by atoms with Crippen LogP contribution in [0.2, 0.25) is 0 Å². The van der Waals surface area contributed by atoms with E-state index in [0.717, 1.165) is 4.61 Å². The Morgan fingerprint density at radius 3 is 3.09 bits per heavy atom. The third-order valence-electron chi connectivity index (χ3n) is 1.78. The van der Waals surface area contributed by atoms with Gasteiger partial charge in [-0.15, -0.1) is 0 Å². The fraction of sp³-hybridized carbons (Fsp3) is 0.111. The van der Waals surface area contributed by atoms with Crippen molar-refractivity contribution in [3.8, 4) is 0 Å². The fourth-order valence-electron chi connectivity index (χ4n) is 1.21. The lowest BCUT2D eigenvalue weighted by atomic mass is 10.0. The smallest absolute Gasteiger partial charge is 0.0787 e. The van der Waals surface area contributed by atoms with Crippen LogP contribution in [0.3, 0.4) is 0 Å². The van der Waals surface area contributed by atoms with Gasteiger partial charge >= 0.3 is 0 Å². The molecule has 0 saturated heterocycles. The van der Waals surface area contributed by atoms with Crippen LogP contribution in [0, 0.1) is 0 Å². The van der Waals surface area contributed by atoms with E-state index in [4.69, 9.17) is 0 Å². The molecule has 0 spiro atoms. The topological polar surface area (TPSA) is 12.0 Å². The van der Waals surface area contributed by atoms with Gasteiger partial charge in [0.15, 0.2) is 0 Å². The molecular formula is C9H8BrN. The van der Waals surface area contributed by atoms with E-state index >= 15 is 0 Å². The molecule has 11 heavy (non-hydrogen) atoms. The highest BCUT2D eigenvalue weighted by molar-refractivity contribution is 9.11. The van der Waals surface area contributed by atoms with E-state index in [2.05, 4.69) is 51.6 Å². The number of dihydropyridines is 1. The lowest BCUT2D eigenvalue weighted by molar-refractivity contribution is 0.786. The van der Waals surface area contributed by atoms with Gasteiger partial charge in [0.1, 0.15) is 0 Å². The number of halogens is 1. The highest BCUT2D eigenvalue weighted by Crippen LogP contribution is 2.19. The van der Waals surface area contributed by atoms with Gasteiger partial charge in [-0.2, -0.15) is 0 Å². The van der Waals surface area contributed by atoms with Crippen LogP contribution in [0.15, 0.2) is 46.6 Å². The summed E-state index contributed by atoms with van der Waals surface area (Å²) in [5.41, 5.74) is 1.32. The summed E-state index contributed by atoms with van der Waals surface area (Å²) in [5, 5.41) is 3.29. The van der Waals surface area contributed by atoms with Crippen LogP contribution in [-0.4, -0.2) is 6.04 Å². The molecule has 2 aliphatic rings. The van der Waals surface area contributed by atoms with Crippen molar-refractivity contribution in [1.82, 2.24) is 5.32 Å². The van der Waals surface area contributed by atoms with Crippen LogP contribution in [0.25, 0.3) is 0 Å². The van der Waals surface area contributed by atoms with Crippen LogP contribution < -0.4 is 5.32 Å². The largest absolute Gasteiger partial charge is 0.369 e. The van der Waals surface area contributed by atoms with E-state index in [-0.39, 0.29) is 0 Å². The summed E-state index contributed by atoms with van der Waals surface area (Å²) in [4.78, 5) is 0.